The summed E-state index contributed by atoms with van der Waals surface area (Å²) >= 11 is -1.18. The van der Waals surface area contributed by atoms with Crippen molar-refractivity contribution in [3.05, 3.63) is 70.5 Å². The number of benzene rings is 1. The predicted molar refractivity (Wildman–Crippen MR) is 118 cm³/mol. The van der Waals surface area contributed by atoms with E-state index in [0.29, 0.717) is 16.0 Å². The zero-order valence-corrected chi connectivity index (χ0v) is 19.0. The van der Waals surface area contributed by atoms with Gasteiger partial charge >= 0.3 is 6.18 Å². The molecule has 2 heterocycles. The van der Waals surface area contributed by atoms with Crippen LogP contribution < -0.4 is 9.62 Å². The quantitative estimate of drug-likeness (QED) is 0.354. The minimum atomic E-state index is -4.60. The van der Waals surface area contributed by atoms with E-state index in [4.69, 9.17) is 4.55 Å². The first kappa shape index (κ1) is 24.8. The van der Waals surface area contributed by atoms with Crippen LogP contribution in [0.2, 0.25) is 0 Å². The molecule has 0 aliphatic heterocycles. The number of rotatable bonds is 7. The van der Waals surface area contributed by atoms with Gasteiger partial charge in [-0.15, -0.1) is 11.3 Å². The van der Waals surface area contributed by atoms with E-state index in [9.17, 15) is 26.6 Å². The number of carbonyl (C=O) groups excluding carboxylic acids is 1. The Morgan fingerprint density at radius 2 is 2.00 bits per heavy atom. The lowest BCUT2D eigenvalue weighted by Gasteiger charge is -2.18. The number of aromatic nitrogens is 1. The topological polar surface area (TPSA) is 82.5 Å². The van der Waals surface area contributed by atoms with Crippen LogP contribution >= 0.6 is 11.3 Å². The molecule has 2 aromatic heterocycles. The van der Waals surface area contributed by atoms with E-state index in [-0.39, 0.29) is 17.9 Å². The van der Waals surface area contributed by atoms with Crippen molar-refractivity contribution >= 4 is 34.2 Å². The lowest BCUT2D eigenvalue weighted by atomic mass is 9.99. The maximum Gasteiger partial charge on any atom is 0.433 e. The largest absolute Gasteiger partial charge is 0.433 e. The smallest absolute Gasteiger partial charge is 0.351 e. The minimum Gasteiger partial charge on any atom is -0.351 e. The summed E-state index contributed by atoms with van der Waals surface area (Å²) in [6.07, 6.45) is -4.60. The van der Waals surface area contributed by atoms with Gasteiger partial charge in [0.05, 0.1) is 22.2 Å². The fraction of sp³-hybridized carbons (Fsp3) is 0.238. The van der Waals surface area contributed by atoms with Gasteiger partial charge in [-0.2, -0.15) is 13.2 Å². The number of hydrogen-bond donors (Lipinski definition) is 2. The molecular weight excluding hydrogens is 482 g/mol. The van der Waals surface area contributed by atoms with Gasteiger partial charge in [0.15, 0.2) is 0 Å². The standard InChI is InChI=1S/C21H19F4N3O3S2/c1-12(13-5-7-16(15(22)10-13)28(2)33(30)31)20(29)26-11-14-6-8-18(21(23,24)25)27-19(14)17-4-3-9-32-17/h3-10,12H,11H2,1-2H3,(H,26,29)(H,30,31). The van der Waals surface area contributed by atoms with E-state index in [1.54, 1.807) is 24.4 Å². The van der Waals surface area contributed by atoms with Crippen molar-refractivity contribution in [3.63, 3.8) is 0 Å². The average molecular weight is 502 g/mol. The second-order valence-electron chi connectivity index (χ2n) is 7.06. The summed E-state index contributed by atoms with van der Waals surface area (Å²) in [5, 5.41) is 4.37. The van der Waals surface area contributed by atoms with Gasteiger partial charge in [0.2, 0.25) is 5.91 Å². The molecule has 0 radical (unpaired) electrons. The maximum absolute atomic E-state index is 14.4. The van der Waals surface area contributed by atoms with E-state index in [2.05, 4.69) is 10.3 Å². The first-order chi connectivity index (χ1) is 15.5. The van der Waals surface area contributed by atoms with Crippen molar-refractivity contribution in [2.75, 3.05) is 11.4 Å². The second-order valence-corrected chi connectivity index (χ2v) is 9.01. The number of thiophene rings is 1. The second kappa shape index (κ2) is 9.98. The van der Waals surface area contributed by atoms with E-state index < -0.39 is 40.8 Å². The summed E-state index contributed by atoms with van der Waals surface area (Å²) < 4.78 is 74.7. The van der Waals surface area contributed by atoms with Gasteiger partial charge in [-0.05, 0) is 47.7 Å². The molecule has 0 aliphatic carbocycles. The summed E-state index contributed by atoms with van der Waals surface area (Å²) in [5.74, 6) is -2.03. The molecule has 6 nitrogen and oxygen atoms in total. The molecule has 3 aromatic rings. The molecule has 1 amide bonds. The molecule has 33 heavy (non-hydrogen) atoms. The molecule has 0 spiro atoms. The Balaban J connectivity index is 1.78. The third-order valence-electron chi connectivity index (χ3n) is 4.92. The van der Waals surface area contributed by atoms with Crippen LogP contribution in [-0.2, 0) is 28.8 Å². The predicted octanol–water partition coefficient (Wildman–Crippen LogP) is 4.96. The highest BCUT2D eigenvalue weighted by Gasteiger charge is 2.33. The number of nitrogens with one attached hydrogen (secondary N) is 1. The first-order valence-corrected chi connectivity index (χ1v) is 11.5. The molecule has 3 rings (SSSR count). The fourth-order valence-corrected chi connectivity index (χ4v) is 4.10. The maximum atomic E-state index is 14.4. The van der Waals surface area contributed by atoms with E-state index >= 15 is 0 Å². The van der Waals surface area contributed by atoms with Crippen molar-refractivity contribution in [1.29, 1.82) is 0 Å². The van der Waals surface area contributed by atoms with Crippen LogP contribution in [0.15, 0.2) is 47.8 Å². The first-order valence-electron chi connectivity index (χ1n) is 9.52. The average Bonchev–Trinajstić information content (AvgIpc) is 3.30. The van der Waals surface area contributed by atoms with Gasteiger partial charge < -0.3 is 5.32 Å². The third kappa shape index (κ3) is 5.75. The monoisotopic (exact) mass is 501 g/mol. The molecular formula is C21H19F4N3O3S2. The summed E-state index contributed by atoms with van der Waals surface area (Å²) in [7, 11) is 1.24. The van der Waals surface area contributed by atoms with Gasteiger partial charge in [-0.25, -0.2) is 13.6 Å². The van der Waals surface area contributed by atoms with Gasteiger partial charge in [-0.1, -0.05) is 18.2 Å². The van der Waals surface area contributed by atoms with Crippen LogP contribution in [0.3, 0.4) is 0 Å². The lowest BCUT2D eigenvalue weighted by molar-refractivity contribution is -0.141. The van der Waals surface area contributed by atoms with Crippen LogP contribution in [0, 0.1) is 5.82 Å². The zero-order chi connectivity index (χ0) is 24.3. The number of anilines is 1. The van der Waals surface area contributed by atoms with Crippen molar-refractivity contribution < 1.29 is 31.1 Å². The van der Waals surface area contributed by atoms with Gasteiger partial charge in [0, 0.05) is 13.6 Å². The number of alkyl halides is 3. The van der Waals surface area contributed by atoms with Gasteiger partial charge in [0.25, 0.3) is 11.3 Å². The van der Waals surface area contributed by atoms with E-state index in [1.165, 1.54) is 36.6 Å². The summed E-state index contributed by atoms with van der Waals surface area (Å²) in [4.78, 5) is 16.9. The number of pyridine rings is 1. The van der Waals surface area contributed by atoms with Crippen LogP contribution in [0.1, 0.15) is 29.7 Å². The Labute approximate surface area is 193 Å². The van der Waals surface area contributed by atoms with Gasteiger partial charge in [0.1, 0.15) is 11.5 Å². The normalized spacial score (nSPS) is 13.4. The molecule has 0 fully saturated rings. The molecule has 0 saturated heterocycles. The lowest BCUT2D eigenvalue weighted by Crippen LogP contribution is -2.28. The van der Waals surface area contributed by atoms with Crippen LogP contribution in [0.25, 0.3) is 10.6 Å². The van der Waals surface area contributed by atoms with Crippen LogP contribution in [-0.4, -0.2) is 26.7 Å². The fourth-order valence-electron chi connectivity index (χ4n) is 3.03. The molecule has 2 N–H and O–H groups in total. The molecule has 176 valence electrons. The number of carbonyl (C=O) groups is 1. The number of nitrogens with zero attached hydrogens (tertiary/aromatic N) is 2. The van der Waals surface area contributed by atoms with Crippen LogP contribution in [0.4, 0.5) is 23.2 Å². The molecule has 0 bridgehead atoms. The Bertz CT molecular complexity index is 1170. The van der Waals surface area contributed by atoms with Crippen molar-refractivity contribution in [1.82, 2.24) is 10.3 Å². The molecule has 1 aromatic carbocycles. The summed E-state index contributed by atoms with van der Waals surface area (Å²) in [6, 6.07) is 9.31. The third-order valence-corrected chi connectivity index (χ3v) is 6.46. The highest BCUT2D eigenvalue weighted by atomic mass is 32.2. The Morgan fingerprint density at radius 1 is 1.27 bits per heavy atom. The Kier molecular flexibility index (Phi) is 7.50. The Morgan fingerprint density at radius 3 is 2.58 bits per heavy atom. The van der Waals surface area contributed by atoms with Crippen molar-refractivity contribution in [2.45, 2.75) is 25.6 Å². The van der Waals surface area contributed by atoms with E-state index in [1.807, 2.05) is 0 Å². The van der Waals surface area contributed by atoms with Crippen molar-refractivity contribution in [3.8, 4) is 10.6 Å². The molecule has 0 aliphatic rings. The molecule has 0 saturated carbocycles. The van der Waals surface area contributed by atoms with Gasteiger partial charge in [-0.3, -0.25) is 13.7 Å². The number of halogens is 4. The molecule has 12 heteroatoms. The van der Waals surface area contributed by atoms with Crippen LogP contribution in [0.5, 0.6) is 0 Å². The zero-order valence-electron chi connectivity index (χ0n) is 17.4. The van der Waals surface area contributed by atoms with Crippen molar-refractivity contribution in [2.24, 2.45) is 0 Å². The highest BCUT2D eigenvalue weighted by molar-refractivity contribution is 7.80. The molecule has 2 unspecified atom stereocenters. The summed E-state index contributed by atoms with van der Waals surface area (Å²) in [5.41, 5.74) is -0.278. The molecule has 2 atom stereocenters. The number of hydrogen-bond acceptors (Lipinski definition) is 4. The Hall–Kier alpha value is -2.83. The number of amides is 1. The summed E-state index contributed by atoms with van der Waals surface area (Å²) in [6.45, 7) is 1.47. The minimum absolute atomic E-state index is 0.0751. The highest BCUT2D eigenvalue weighted by Crippen LogP contribution is 2.33. The SMILES string of the molecule is CC(C(=O)NCc1ccc(C(F)(F)F)nc1-c1cccs1)c1ccc(N(C)S(=O)O)c(F)c1. The van der Waals surface area contributed by atoms with E-state index in [0.717, 1.165) is 16.4 Å².